The molecule has 118 valence electrons. The maximum Gasteiger partial charge on any atom is 0.314 e. The van der Waals surface area contributed by atoms with E-state index < -0.39 is 12.1 Å². The maximum atomic E-state index is 11.4. The number of carbonyl (C=O) groups excluding carboxylic acids is 1. The molecule has 0 radical (unpaired) electrons. The van der Waals surface area contributed by atoms with Gasteiger partial charge in [0.25, 0.3) is 0 Å². The Morgan fingerprint density at radius 3 is 2.50 bits per heavy atom. The minimum Gasteiger partial charge on any atom is -0.481 e. The highest BCUT2D eigenvalue weighted by atomic mass is 16.5. The maximum absolute atomic E-state index is 11.4. The van der Waals surface area contributed by atoms with Gasteiger partial charge in [0.05, 0.1) is 25.7 Å². The van der Waals surface area contributed by atoms with Crippen molar-refractivity contribution in [2.45, 2.75) is 18.9 Å². The normalized spacial score (nSPS) is 11.9. The zero-order valence-corrected chi connectivity index (χ0v) is 12.0. The van der Waals surface area contributed by atoms with Gasteiger partial charge in [-0.05, 0) is 6.42 Å². The van der Waals surface area contributed by atoms with E-state index >= 15 is 0 Å². The quantitative estimate of drug-likeness (QED) is 0.431. The van der Waals surface area contributed by atoms with E-state index in [-0.39, 0.29) is 19.0 Å². The number of hydrogen-bond donors (Lipinski definition) is 3. The first-order valence-electron chi connectivity index (χ1n) is 6.43. The van der Waals surface area contributed by atoms with Gasteiger partial charge >= 0.3 is 12.0 Å². The highest BCUT2D eigenvalue weighted by Gasteiger charge is 2.13. The van der Waals surface area contributed by atoms with Gasteiger partial charge in [-0.3, -0.25) is 4.79 Å². The van der Waals surface area contributed by atoms with E-state index in [0.717, 1.165) is 0 Å². The molecule has 0 fully saturated rings. The van der Waals surface area contributed by atoms with Crippen molar-refractivity contribution in [3.63, 3.8) is 0 Å². The Morgan fingerprint density at radius 2 is 1.90 bits per heavy atom. The van der Waals surface area contributed by atoms with Gasteiger partial charge in [0, 0.05) is 33.9 Å². The van der Waals surface area contributed by atoms with Gasteiger partial charge in [-0.2, -0.15) is 0 Å². The van der Waals surface area contributed by atoms with Crippen LogP contribution >= 0.6 is 0 Å². The third kappa shape index (κ3) is 11.7. The fourth-order valence-corrected chi connectivity index (χ4v) is 1.32. The molecule has 0 aromatic heterocycles. The summed E-state index contributed by atoms with van der Waals surface area (Å²) < 4.78 is 15.0. The molecule has 0 bridgehead atoms. The average molecular weight is 292 g/mol. The molecule has 0 saturated heterocycles. The molecule has 0 aliphatic heterocycles. The molecule has 3 N–H and O–H groups in total. The molecular weight excluding hydrogens is 268 g/mol. The van der Waals surface area contributed by atoms with Gasteiger partial charge < -0.3 is 30.0 Å². The second-order valence-corrected chi connectivity index (χ2v) is 4.05. The van der Waals surface area contributed by atoms with E-state index in [0.29, 0.717) is 32.8 Å². The first-order chi connectivity index (χ1) is 9.60. The third-order valence-corrected chi connectivity index (χ3v) is 2.41. The topological polar surface area (TPSA) is 106 Å². The van der Waals surface area contributed by atoms with Crippen LogP contribution in [-0.2, 0) is 19.0 Å². The monoisotopic (exact) mass is 292 g/mol. The Labute approximate surface area is 118 Å². The molecule has 0 aliphatic rings. The number of rotatable bonds is 12. The van der Waals surface area contributed by atoms with Gasteiger partial charge in [0.2, 0.25) is 0 Å². The number of carboxylic acids is 1. The summed E-state index contributed by atoms with van der Waals surface area (Å²) in [6.07, 6.45) is 0.0139. The second-order valence-electron chi connectivity index (χ2n) is 4.05. The first-order valence-corrected chi connectivity index (χ1v) is 6.43. The lowest BCUT2D eigenvalue weighted by Gasteiger charge is -2.14. The molecule has 1 unspecified atom stereocenters. The summed E-state index contributed by atoms with van der Waals surface area (Å²) in [7, 11) is 3.01. The minimum atomic E-state index is -0.965. The number of hydrogen-bond acceptors (Lipinski definition) is 5. The van der Waals surface area contributed by atoms with Crippen LogP contribution in [0.1, 0.15) is 12.8 Å². The summed E-state index contributed by atoms with van der Waals surface area (Å²) in [4.78, 5) is 21.9. The zero-order valence-electron chi connectivity index (χ0n) is 12.0. The van der Waals surface area contributed by atoms with Crippen molar-refractivity contribution >= 4 is 12.0 Å². The fourth-order valence-electron chi connectivity index (χ4n) is 1.32. The first kappa shape index (κ1) is 18.6. The predicted octanol–water partition coefficient (Wildman–Crippen LogP) is -0.172. The number of nitrogens with one attached hydrogen (secondary N) is 2. The molecule has 8 heteroatoms. The third-order valence-electron chi connectivity index (χ3n) is 2.41. The van der Waals surface area contributed by atoms with Crippen molar-refractivity contribution in [1.82, 2.24) is 10.6 Å². The molecule has 8 nitrogen and oxygen atoms in total. The molecule has 0 heterocycles. The van der Waals surface area contributed by atoms with E-state index in [1.54, 1.807) is 7.11 Å². The summed E-state index contributed by atoms with van der Waals surface area (Å²) in [6.45, 7) is 2.26. The Balaban J connectivity index is 3.50. The fraction of sp³-hybridized carbons (Fsp3) is 0.833. The lowest BCUT2D eigenvalue weighted by atomic mass is 10.2. The standard InChI is InChI=1S/C12H24N2O6/c1-18-6-7-20-5-3-4-13-12(17)14-9-10(19-2)8-11(15)16/h10H,3-9H2,1-2H3,(H,15,16)(H2,13,14,17). The zero-order chi connectivity index (χ0) is 15.2. The van der Waals surface area contributed by atoms with Gasteiger partial charge in [-0.25, -0.2) is 4.79 Å². The van der Waals surface area contributed by atoms with Gasteiger partial charge in [0.15, 0.2) is 0 Å². The van der Waals surface area contributed by atoms with E-state index in [1.807, 2.05) is 0 Å². The van der Waals surface area contributed by atoms with Crippen molar-refractivity contribution in [3.8, 4) is 0 Å². The Morgan fingerprint density at radius 1 is 1.15 bits per heavy atom. The predicted molar refractivity (Wildman–Crippen MR) is 71.8 cm³/mol. The molecule has 0 aromatic carbocycles. The molecular formula is C12H24N2O6. The SMILES string of the molecule is COCCOCCCNC(=O)NCC(CC(=O)O)OC. The highest BCUT2D eigenvalue weighted by Crippen LogP contribution is 1.95. The van der Waals surface area contributed by atoms with Crippen LogP contribution in [0.5, 0.6) is 0 Å². The van der Waals surface area contributed by atoms with Crippen molar-refractivity contribution in [2.24, 2.45) is 0 Å². The minimum absolute atomic E-state index is 0.149. The molecule has 0 saturated carbocycles. The van der Waals surface area contributed by atoms with Crippen LogP contribution in [0.15, 0.2) is 0 Å². The number of urea groups is 1. The number of carboxylic acid groups (broad SMARTS) is 1. The number of methoxy groups -OCH3 is 2. The van der Waals surface area contributed by atoms with Gasteiger partial charge in [-0.1, -0.05) is 0 Å². The second kappa shape index (κ2) is 12.6. The van der Waals surface area contributed by atoms with Crippen LogP contribution in [0.25, 0.3) is 0 Å². The molecule has 0 rings (SSSR count). The summed E-state index contributed by atoms with van der Waals surface area (Å²) in [6, 6.07) is -0.352. The molecule has 0 aliphatic carbocycles. The smallest absolute Gasteiger partial charge is 0.314 e. The van der Waals surface area contributed by atoms with Gasteiger partial charge in [-0.15, -0.1) is 0 Å². The lowest BCUT2D eigenvalue weighted by Crippen LogP contribution is -2.41. The molecule has 0 spiro atoms. The van der Waals surface area contributed by atoms with Crippen LogP contribution in [0.4, 0.5) is 4.79 Å². The van der Waals surface area contributed by atoms with Gasteiger partial charge in [0.1, 0.15) is 0 Å². The number of aliphatic carboxylic acids is 1. The summed E-state index contributed by atoms with van der Waals surface area (Å²) in [5.41, 5.74) is 0. The van der Waals surface area contributed by atoms with Crippen LogP contribution in [0, 0.1) is 0 Å². The number of amides is 2. The Bertz CT molecular complexity index is 275. The summed E-state index contributed by atoms with van der Waals surface area (Å²) in [5.74, 6) is -0.965. The van der Waals surface area contributed by atoms with E-state index in [9.17, 15) is 9.59 Å². The van der Waals surface area contributed by atoms with Crippen LogP contribution < -0.4 is 10.6 Å². The molecule has 0 aromatic rings. The van der Waals surface area contributed by atoms with E-state index in [4.69, 9.17) is 19.3 Å². The van der Waals surface area contributed by atoms with E-state index in [1.165, 1.54) is 7.11 Å². The van der Waals surface area contributed by atoms with Crippen molar-refractivity contribution in [2.75, 3.05) is 47.1 Å². The van der Waals surface area contributed by atoms with E-state index in [2.05, 4.69) is 10.6 Å². The summed E-state index contributed by atoms with van der Waals surface area (Å²) >= 11 is 0. The average Bonchev–Trinajstić information content (AvgIpc) is 2.42. The van der Waals surface area contributed by atoms with Crippen LogP contribution in [0.2, 0.25) is 0 Å². The molecule has 2 amide bonds. The van der Waals surface area contributed by atoms with Crippen molar-refractivity contribution in [3.05, 3.63) is 0 Å². The van der Waals surface area contributed by atoms with Crippen LogP contribution in [-0.4, -0.2) is 70.3 Å². The number of carbonyl (C=O) groups is 2. The Hall–Kier alpha value is -1.38. The lowest BCUT2D eigenvalue weighted by molar-refractivity contribution is -0.139. The Kier molecular flexibility index (Phi) is 11.8. The van der Waals surface area contributed by atoms with Crippen LogP contribution in [0.3, 0.4) is 0 Å². The van der Waals surface area contributed by atoms with Crippen molar-refractivity contribution in [1.29, 1.82) is 0 Å². The molecule has 20 heavy (non-hydrogen) atoms. The summed E-state index contributed by atoms with van der Waals surface area (Å²) in [5, 5.41) is 13.8. The number of ether oxygens (including phenoxy) is 3. The largest absolute Gasteiger partial charge is 0.481 e. The van der Waals surface area contributed by atoms with Crippen molar-refractivity contribution < 1.29 is 28.9 Å². The molecule has 1 atom stereocenters. The highest BCUT2D eigenvalue weighted by molar-refractivity contribution is 5.74.